The van der Waals surface area contributed by atoms with E-state index in [-0.39, 0.29) is 11.7 Å². The molecule has 0 aliphatic carbocycles. The first-order chi connectivity index (χ1) is 8.15. The average Bonchev–Trinajstić information content (AvgIpc) is 2.29. The summed E-state index contributed by atoms with van der Waals surface area (Å²) in [5.74, 6) is 0.341. The highest BCUT2D eigenvalue weighted by molar-refractivity contribution is 5.79. The van der Waals surface area contributed by atoms with Crippen molar-refractivity contribution in [2.75, 3.05) is 19.6 Å². The van der Waals surface area contributed by atoms with Crippen LogP contribution in [-0.2, 0) is 11.2 Å². The van der Waals surface area contributed by atoms with Gasteiger partial charge in [-0.15, -0.1) is 0 Å². The molecule has 4 heteroatoms. The van der Waals surface area contributed by atoms with E-state index in [0.29, 0.717) is 12.5 Å². The number of carbonyl (C=O) groups excluding carboxylic acids is 1. The number of amides is 1. The fourth-order valence-corrected chi connectivity index (χ4v) is 2.11. The van der Waals surface area contributed by atoms with Gasteiger partial charge in [0, 0.05) is 25.7 Å². The molecule has 1 amide bonds. The number of phenols is 1. The molecular formula is C13H18N2O2. The minimum atomic E-state index is 0.129. The van der Waals surface area contributed by atoms with Crippen molar-refractivity contribution in [2.24, 2.45) is 0 Å². The van der Waals surface area contributed by atoms with Crippen molar-refractivity contribution in [3.05, 3.63) is 29.8 Å². The quantitative estimate of drug-likeness (QED) is 0.794. The molecule has 0 spiro atoms. The van der Waals surface area contributed by atoms with E-state index in [0.717, 1.165) is 25.2 Å². The fraction of sp³-hybridized carbons (Fsp3) is 0.462. The van der Waals surface area contributed by atoms with Crippen LogP contribution in [0.1, 0.15) is 12.5 Å². The number of benzene rings is 1. The van der Waals surface area contributed by atoms with Gasteiger partial charge in [-0.2, -0.15) is 0 Å². The molecule has 1 aromatic carbocycles. The van der Waals surface area contributed by atoms with Gasteiger partial charge in [0.05, 0.1) is 6.42 Å². The van der Waals surface area contributed by atoms with E-state index in [2.05, 4.69) is 12.2 Å². The maximum absolute atomic E-state index is 12.0. The predicted octanol–water partition coefficient (Wildman–Crippen LogP) is 0.755. The Morgan fingerprint density at radius 3 is 3.12 bits per heavy atom. The summed E-state index contributed by atoms with van der Waals surface area (Å²) in [4.78, 5) is 13.9. The van der Waals surface area contributed by atoms with Gasteiger partial charge in [-0.3, -0.25) is 4.79 Å². The van der Waals surface area contributed by atoms with E-state index in [1.807, 2.05) is 11.0 Å². The lowest BCUT2D eigenvalue weighted by atomic mass is 10.1. The predicted molar refractivity (Wildman–Crippen MR) is 65.9 cm³/mol. The third-order valence-corrected chi connectivity index (χ3v) is 2.99. The fourth-order valence-electron chi connectivity index (χ4n) is 2.11. The summed E-state index contributed by atoms with van der Waals surface area (Å²) in [5.41, 5.74) is 0.862. The lowest BCUT2D eigenvalue weighted by Gasteiger charge is -2.32. The largest absolute Gasteiger partial charge is 0.508 e. The molecule has 17 heavy (non-hydrogen) atoms. The number of nitrogens with one attached hydrogen (secondary N) is 1. The third kappa shape index (κ3) is 3.20. The molecule has 0 radical (unpaired) electrons. The SMILES string of the molecule is C[C@@H]1CN(C(=O)Cc2cccc(O)c2)CCN1. The van der Waals surface area contributed by atoms with E-state index in [9.17, 15) is 9.90 Å². The molecule has 0 unspecified atom stereocenters. The molecule has 2 N–H and O–H groups in total. The lowest BCUT2D eigenvalue weighted by Crippen LogP contribution is -2.51. The average molecular weight is 234 g/mol. The van der Waals surface area contributed by atoms with Gasteiger partial charge in [-0.05, 0) is 24.6 Å². The summed E-state index contributed by atoms with van der Waals surface area (Å²) < 4.78 is 0. The Bertz CT molecular complexity index is 406. The smallest absolute Gasteiger partial charge is 0.227 e. The highest BCUT2D eigenvalue weighted by Gasteiger charge is 2.20. The van der Waals surface area contributed by atoms with Crippen LogP contribution in [-0.4, -0.2) is 41.6 Å². The molecule has 2 rings (SSSR count). The van der Waals surface area contributed by atoms with Crippen LogP contribution in [0.2, 0.25) is 0 Å². The van der Waals surface area contributed by atoms with Gasteiger partial charge >= 0.3 is 0 Å². The van der Waals surface area contributed by atoms with Crippen molar-refractivity contribution in [3.63, 3.8) is 0 Å². The standard InChI is InChI=1S/C13H18N2O2/c1-10-9-15(6-5-14-10)13(17)8-11-3-2-4-12(16)7-11/h2-4,7,10,14,16H,5-6,8-9H2,1H3/t10-/m1/s1. The monoisotopic (exact) mass is 234 g/mol. The summed E-state index contributed by atoms with van der Waals surface area (Å²) in [6.07, 6.45) is 0.362. The first kappa shape index (κ1) is 11.9. The molecule has 1 aromatic rings. The van der Waals surface area contributed by atoms with Crippen molar-refractivity contribution >= 4 is 5.91 Å². The molecular weight excluding hydrogens is 216 g/mol. The first-order valence-electron chi connectivity index (χ1n) is 5.94. The van der Waals surface area contributed by atoms with Gasteiger partial charge in [0.2, 0.25) is 5.91 Å². The number of nitrogens with zero attached hydrogens (tertiary/aromatic N) is 1. The Kier molecular flexibility index (Phi) is 3.64. The van der Waals surface area contributed by atoms with Crippen molar-refractivity contribution in [3.8, 4) is 5.75 Å². The van der Waals surface area contributed by atoms with Crippen LogP contribution in [0.4, 0.5) is 0 Å². The molecule has 0 bridgehead atoms. The summed E-state index contributed by atoms with van der Waals surface area (Å²) in [5, 5.41) is 12.6. The number of piperazine rings is 1. The van der Waals surface area contributed by atoms with Gasteiger partial charge in [0.25, 0.3) is 0 Å². The van der Waals surface area contributed by atoms with E-state index in [1.165, 1.54) is 0 Å². The summed E-state index contributed by atoms with van der Waals surface area (Å²) >= 11 is 0. The van der Waals surface area contributed by atoms with E-state index in [4.69, 9.17) is 0 Å². The van der Waals surface area contributed by atoms with Crippen molar-refractivity contribution < 1.29 is 9.90 Å². The van der Waals surface area contributed by atoms with E-state index in [1.54, 1.807) is 18.2 Å². The minimum absolute atomic E-state index is 0.129. The Morgan fingerprint density at radius 1 is 1.59 bits per heavy atom. The molecule has 4 nitrogen and oxygen atoms in total. The van der Waals surface area contributed by atoms with Crippen molar-refractivity contribution in [2.45, 2.75) is 19.4 Å². The van der Waals surface area contributed by atoms with E-state index < -0.39 is 0 Å². The minimum Gasteiger partial charge on any atom is -0.508 e. The van der Waals surface area contributed by atoms with E-state index >= 15 is 0 Å². The molecule has 1 atom stereocenters. The van der Waals surface area contributed by atoms with Gasteiger partial charge in [-0.1, -0.05) is 12.1 Å². The summed E-state index contributed by atoms with van der Waals surface area (Å²) in [7, 11) is 0. The van der Waals surface area contributed by atoms with Crippen LogP contribution in [0.3, 0.4) is 0 Å². The number of phenolic OH excluding ortho intramolecular Hbond substituents is 1. The zero-order valence-corrected chi connectivity index (χ0v) is 10.0. The summed E-state index contributed by atoms with van der Waals surface area (Å²) in [6.45, 7) is 4.46. The molecule has 1 aliphatic rings. The van der Waals surface area contributed by atoms with Crippen LogP contribution >= 0.6 is 0 Å². The Balaban J connectivity index is 1.96. The number of hydrogen-bond donors (Lipinski definition) is 2. The second kappa shape index (κ2) is 5.19. The van der Waals surface area contributed by atoms with Crippen LogP contribution in [0.15, 0.2) is 24.3 Å². The number of carbonyl (C=O) groups is 1. The molecule has 1 fully saturated rings. The molecule has 1 aliphatic heterocycles. The molecule has 0 aromatic heterocycles. The molecule has 1 heterocycles. The van der Waals surface area contributed by atoms with Gasteiger partial charge in [-0.25, -0.2) is 0 Å². The highest BCUT2D eigenvalue weighted by Crippen LogP contribution is 2.12. The second-order valence-electron chi connectivity index (χ2n) is 4.54. The lowest BCUT2D eigenvalue weighted by molar-refractivity contribution is -0.131. The Hall–Kier alpha value is -1.55. The summed E-state index contributed by atoms with van der Waals surface area (Å²) in [6, 6.07) is 7.24. The molecule has 1 saturated heterocycles. The Labute approximate surface area is 101 Å². The first-order valence-corrected chi connectivity index (χ1v) is 5.94. The van der Waals surface area contributed by atoms with Crippen LogP contribution in [0.5, 0.6) is 5.75 Å². The topological polar surface area (TPSA) is 52.6 Å². The zero-order valence-electron chi connectivity index (χ0n) is 10.0. The number of aromatic hydroxyl groups is 1. The van der Waals surface area contributed by atoms with Crippen molar-refractivity contribution in [1.82, 2.24) is 10.2 Å². The third-order valence-electron chi connectivity index (χ3n) is 2.99. The van der Waals surface area contributed by atoms with Gasteiger partial charge in [0.1, 0.15) is 5.75 Å². The van der Waals surface area contributed by atoms with Gasteiger partial charge in [0.15, 0.2) is 0 Å². The number of rotatable bonds is 2. The number of hydrogen-bond acceptors (Lipinski definition) is 3. The maximum atomic E-state index is 12.0. The van der Waals surface area contributed by atoms with Crippen LogP contribution in [0.25, 0.3) is 0 Å². The zero-order chi connectivity index (χ0) is 12.3. The maximum Gasteiger partial charge on any atom is 0.227 e. The van der Waals surface area contributed by atoms with Crippen molar-refractivity contribution in [1.29, 1.82) is 0 Å². The Morgan fingerprint density at radius 2 is 2.41 bits per heavy atom. The molecule has 92 valence electrons. The van der Waals surface area contributed by atoms with Crippen LogP contribution in [0, 0.1) is 0 Å². The van der Waals surface area contributed by atoms with Crippen LogP contribution < -0.4 is 5.32 Å². The van der Waals surface area contributed by atoms with Gasteiger partial charge < -0.3 is 15.3 Å². The second-order valence-corrected chi connectivity index (χ2v) is 4.54. The molecule has 0 saturated carbocycles. The highest BCUT2D eigenvalue weighted by atomic mass is 16.3. The normalized spacial score (nSPS) is 20.3.